The van der Waals surface area contributed by atoms with Crippen molar-refractivity contribution in [1.29, 1.82) is 0 Å². The molecule has 0 saturated carbocycles. The first-order valence-electron chi connectivity index (χ1n) is 5.26. The SMILES string of the molecule is CNC(C)Cc1ccc(OCCO)cc1. The molecule has 0 bridgehead atoms. The van der Waals surface area contributed by atoms with Crippen molar-refractivity contribution in [3.63, 3.8) is 0 Å². The van der Waals surface area contributed by atoms with Crippen LogP contribution in [-0.4, -0.2) is 31.4 Å². The summed E-state index contributed by atoms with van der Waals surface area (Å²) >= 11 is 0. The summed E-state index contributed by atoms with van der Waals surface area (Å²) in [5, 5.41) is 11.8. The second-order valence-electron chi connectivity index (χ2n) is 3.61. The fourth-order valence-electron chi connectivity index (χ4n) is 1.34. The molecule has 1 rings (SSSR count). The maximum atomic E-state index is 8.60. The van der Waals surface area contributed by atoms with Crippen molar-refractivity contribution >= 4 is 0 Å². The van der Waals surface area contributed by atoms with Gasteiger partial charge in [0.05, 0.1) is 6.61 Å². The van der Waals surface area contributed by atoms with Gasteiger partial charge in [-0.2, -0.15) is 0 Å². The number of hydrogen-bond donors (Lipinski definition) is 2. The molecule has 1 unspecified atom stereocenters. The van der Waals surface area contributed by atoms with E-state index in [1.807, 2.05) is 19.2 Å². The van der Waals surface area contributed by atoms with Crippen molar-refractivity contribution in [2.45, 2.75) is 19.4 Å². The molecule has 2 N–H and O–H groups in total. The molecular formula is C12H19NO2. The van der Waals surface area contributed by atoms with Gasteiger partial charge < -0.3 is 15.2 Å². The van der Waals surface area contributed by atoms with Gasteiger partial charge in [0.25, 0.3) is 0 Å². The Bertz CT molecular complexity index is 271. The molecule has 0 aliphatic heterocycles. The number of likely N-dealkylation sites (N-methyl/N-ethyl adjacent to an activating group) is 1. The quantitative estimate of drug-likeness (QED) is 0.740. The van der Waals surface area contributed by atoms with E-state index in [9.17, 15) is 0 Å². The summed E-state index contributed by atoms with van der Waals surface area (Å²) in [5.74, 6) is 0.810. The third kappa shape index (κ3) is 4.32. The maximum absolute atomic E-state index is 8.60. The smallest absolute Gasteiger partial charge is 0.119 e. The van der Waals surface area contributed by atoms with E-state index < -0.39 is 0 Å². The van der Waals surface area contributed by atoms with Crippen LogP contribution in [0.1, 0.15) is 12.5 Å². The summed E-state index contributed by atoms with van der Waals surface area (Å²) < 4.78 is 5.28. The van der Waals surface area contributed by atoms with E-state index in [4.69, 9.17) is 9.84 Å². The number of aliphatic hydroxyl groups excluding tert-OH is 1. The van der Waals surface area contributed by atoms with Crippen LogP contribution in [0.25, 0.3) is 0 Å². The fraction of sp³-hybridized carbons (Fsp3) is 0.500. The van der Waals surface area contributed by atoms with Gasteiger partial charge in [0.15, 0.2) is 0 Å². The number of hydrogen-bond acceptors (Lipinski definition) is 3. The molecule has 0 aliphatic rings. The molecule has 0 heterocycles. The number of rotatable bonds is 6. The van der Waals surface area contributed by atoms with Gasteiger partial charge in [0.2, 0.25) is 0 Å². The largest absolute Gasteiger partial charge is 0.491 e. The zero-order valence-electron chi connectivity index (χ0n) is 9.36. The van der Waals surface area contributed by atoms with Crippen LogP contribution in [0.3, 0.4) is 0 Å². The van der Waals surface area contributed by atoms with E-state index in [0.29, 0.717) is 12.6 Å². The molecule has 0 aliphatic carbocycles. The molecule has 0 fully saturated rings. The van der Waals surface area contributed by atoms with Crippen molar-refractivity contribution in [3.8, 4) is 5.75 Å². The average Bonchev–Trinajstić information content (AvgIpc) is 2.28. The van der Waals surface area contributed by atoms with Crippen LogP contribution < -0.4 is 10.1 Å². The molecule has 1 atom stereocenters. The molecule has 1 aromatic rings. The molecule has 0 radical (unpaired) electrons. The Morgan fingerprint density at radius 2 is 2.00 bits per heavy atom. The Kier molecular flexibility index (Phi) is 5.15. The Balaban J connectivity index is 2.48. The van der Waals surface area contributed by atoms with Crippen LogP contribution >= 0.6 is 0 Å². The Morgan fingerprint density at radius 1 is 1.33 bits per heavy atom. The second kappa shape index (κ2) is 6.43. The normalized spacial score (nSPS) is 12.5. The minimum absolute atomic E-state index is 0.0541. The van der Waals surface area contributed by atoms with E-state index >= 15 is 0 Å². The highest BCUT2D eigenvalue weighted by Gasteiger charge is 2.00. The van der Waals surface area contributed by atoms with Gasteiger partial charge in [-0.05, 0) is 38.1 Å². The molecule has 0 spiro atoms. The van der Waals surface area contributed by atoms with Gasteiger partial charge in [-0.3, -0.25) is 0 Å². The molecule has 15 heavy (non-hydrogen) atoms. The summed E-state index contributed by atoms with van der Waals surface area (Å²) in [6.07, 6.45) is 1.01. The van der Waals surface area contributed by atoms with E-state index in [2.05, 4.69) is 24.4 Å². The first-order valence-corrected chi connectivity index (χ1v) is 5.26. The molecule has 3 nitrogen and oxygen atoms in total. The molecule has 0 aromatic heterocycles. The Labute approximate surface area is 91.1 Å². The summed E-state index contributed by atoms with van der Waals surface area (Å²) in [6, 6.07) is 8.47. The van der Waals surface area contributed by atoms with Gasteiger partial charge in [0, 0.05) is 6.04 Å². The third-order valence-corrected chi connectivity index (χ3v) is 2.32. The van der Waals surface area contributed by atoms with Crippen LogP contribution in [0, 0.1) is 0 Å². The van der Waals surface area contributed by atoms with Crippen molar-refractivity contribution < 1.29 is 9.84 Å². The summed E-state index contributed by atoms with van der Waals surface area (Å²) in [5.41, 5.74) is 1.29. The van der Waals surface area contributed by atoms with Crippen molar-refractivity contribution in [2.24, 2.45) is 0 Å². The Hall–Kier alpha value is -1.06. The molecular weight excluding hydrogens is 190 g/mol. The van der Waals surface area contributed by atoms with E-state index in [1.165, 1.54) is 5.56 Å². The number of nitrogens with one attached hydrogen (secondary N) is 1. The maximum Gasteiger partial charge on any atom is 0.119 e. The predicted molar refractivity (Wildman–Crippen MR) is 61.2 cm³/mol. The van der Waals surface area contributed by atoms with Crippen LogP contribution in [0.5, 0.6) is 5.75 Å². The van der Waals surface area contributed by atoms with Crippen LogP contribution in [0.2, 0.25) is 0 Å². The van der Waals surface area contributed by atoms with Crippen LogP contribution in [0.4, 0.5) is 0 Å². The van der Waals surface area contributed by atoms with E-state index in [0.717, 1.165) is 12.2 Å². The monoisotopic (exact) mass is 209 g/mol. The van der Waals surface area contributed by atoms with Gasteiger partial charge in [-0.15, -0.1) is 0 Å². The summed E-state index contributed by atoms with van der Waals surface area (Å²) in [7, 11) is 1.96. The van der Waals surface area contributed by atoms with Crippen molar-refractivity contribution in [1.82, 2.24) is 5.32 Å². The van der Waals surface area contributed by atoms with Gasteiger partial charge in [-0.25, -0.2) is 0 Å². The first kappa shape index (κ1) is 12.0. The second-order valence-corrected chi connectivity index (χ2v) is 3.61. The lowest BCUT2D eigenvalue weighted by Gasteiger charge is -2.10. The van der Waals surface area contributed by atoms with Crippen LogP contribution in [0.15, 0.2) is 24.3 Å². The Morgan fingerprint density at radius 3 is 2.53 bits per heavy atom. The topological polar surface area (TPSA) is 41.5 Å². The minimum Gasteiger partial charge on any atom is -0.491 e. The predicted octanol–water partition coefficient (Wildman–Crippen LogP) is 1.21. The minimum atomic E-state index is 0.0541. The zero-order chi connectivity index (χ0) is 11.1. The lowest BCUT2D eigenvalue weighted by molar-refractivity contribution is 0.201. The highest BCUT2D eigenvalue weighted by atomic mass is 16.5. The van der Waals surface area contributed by atoms with Gasteiger partial charge in [-0.1, -0.05) is 12.1 Å². The van der Waals surface area contributed by atoms with Crippen molar-refractivity contribution in [2.75, 3.05) is 20.3 Å². The van der Waals surface area contributed by atoms with Crippen molar-refractivity contribution in [3.05, 3.63) is 29.8 Å². The molecule has 84 valence electrons. The molecule has 0 amide bonds. The molecule has 3 heteroatoms. The number of aliphatic hydroxyl groups is 1. The average molecular weight is 209 g/mol. The summed E-state index contributed by atoms with van der Waals surface area (Å²) in [4.78, 5) is 0. The first-order chi connectivity index (χ1) is 7.26. The van der Waals surface area contributed by atoms with Crippen LogP contribution in [-0.2, 0) is 6.42 Å². The molecule has 1 aromatic carbocycles. The van der Waals surface area contributed by atoms with E-state index in [-0.39, 0.29) is 6.61 Å². The zero-order valence-corrected chi connectivity index (χ0v) is 9.36. The number of benzene rings is 1. The fourth-order valence-corrected chi connectivity index (χ4v) is 1.34. The van der Waals surface area contributed by atoms with E-state index in [1.54, 1.807) is 0 Å². The third-order valence-electron chi connectivity index (χ3n) is 2.32. The number of ether oxygens (including phenoxy) is 1. The van der Waals surface area contributed by atoms with Gasteiger partial charge in [0.1, 0.15) is 12.4 Å². The highest BCUT2D eigenvalue weighted by molar-refractivity contribution is 5.27. The standard InChI is InChI=1S/C12H19NO2/c1-10(13-2)9-11-3-5-12(6-4-11)15-8-7-14/h3-6,10,13-14H,7-9H2,1-2H3. The lowest BCUT2D eigenvalue weighted by atomic mass is 10.1. The lowest BCUT2D eigenvalue weighted by Crippen LogP contribution is -2.23. The van der Waals surface area contributed by atoms with Gasteiger partial charge >= 0.3 is 0 Å². The summed E-state index contributed by atoms with van der Waals surface area (Å²) in [6.45, 7) is 2.56. The highest BCUT2D eigenvalue weighted by Crippen LogP contribution is 2.13. The molecule has 0 saturated heterocycles.